The molecule has 0 radical (unpaired) electrons. The summed E-state index contributed by atoms with van der Waals surface area (Å²) in [7, 11) is -1.58. The third-order valence-electron chi connectivity index (χ3n) is 0. The summed E-state index contributed by atoms with van der Waals surface area (Å²) in [6.45, 7) is 0. The van der Waals surface area contributed by atoms with Gasteiger partial charge in [0.05, 0.1) is 0 Å². The molecule has 0 saturated carbocycles. The van der Waals surface area contributed by atoms with E-state index in [1.807, 2.05) is 0 Å². The van der Waals surface area contributed by atoms with Crippen molar-refractivity contribution in [1.82, 2.24) is 0 Å². The summed E-state index contributed by atoms with van der Waals surface area (Å²) < 4.78 is 0. The molecule has 0 aromatic rings. The molecule has 0 spiro atoms. The average Bonchev–Trinajstić information content (AvgIpc) is 0.918. The molecule has 2 N–H and O–H groups in total. The fraction of sp³-hybridized carbons (Fsp3) is 0. The molecule has 0 unspecified atom stereocenters. The van der Waals surface area contributed by atoms with Crippen LogP contribution in [-0.2, 0) is 0 Å². The second-order valence-corrected chi connectivity index (χ2v) is 0.424. The molecule has 0 saturated heterocycles. The third-order valence-corrected chi connectivity index (χ3v) is 0. The van der Waals surface area contributed by atoms with Gasteiger partial charge in [0.2, 0.25) is 0 Å². The van der Waals surface area contributed by atoms with Crippen molar-refractivity contribution in [2.24, 2.45) is 0 Å². The van der Waals surface area contributed by atoms with E-state index in [4.69, 9.17) is 9.59 Å². The molecule has 0 fully saturated rings. The molecule has 0 heterocycles. The van der Waals surface area contributed by atoms with Crippen molar-refractivity contribution in [3.05, 3.63) is 0 Å². The van der Waals surface area contributed by atoms with Gasteiger partial charge in [-0.3, -0.25) is 0 Å². The normalized spacial score (nSPS) is 3.60. The molecule has 0 rings (SSSR count). The molecule has 0 amide bonds. The Bertz CT molecular complexity index is 7.61. The summed E-state index contributed by atoms with van der Waals surface area (Å²) in [5.41, 5.74) is 0. The zero-order valence-electron chi connectivity index (χ0n) is 1.60. The van der Waals surface area contributed by atoms with Gasteiger partial charge in [-0.2, -0.15) is 0 Å². The van der Waals surface area contributed by atoms with E-state index < -0.39 is 10.0 Å². The van der Waals surface area contributed by atoms with Gasteiger partial charge in [-0.25, -0.2) is 0 Å². The Morgan fingerprint density at radius 2 is 1.00 bits per heavy atom. The minimum atomic E-state index is -1.58. The molecule has 0 atom stereocenters. The van der Waals surface area contributed by atoms with Gasteiger partial charge in [0.1, 0.15) is 0 Å². The third kappa shape index (κ3) is 18.7. The van der Waals surface area contributed by atoms with Gasteiger partial charge in [0.25, 0.3) is 10.0 Å². The van der Waals surface area contributed by atoms with Crippen LogP contribution in [0.15, 0.2) is 0 Å². The monoisotopic (exact) mass is 144 g/mol. The van der Waals surface area contributed by atoms with Gasteiger partial charge < -0.3 is 9.59 Å². The van der Waals surface area contributed by atoms with Crippen LogP contribution in [0.1, 0.15) is 0 Å². The van der Waals surface area contributed by atoms with Crippen molar-refractivity contribution in [2.45, 2.75) is 0 Å². The van der Waals surface area contributed by atoms with Crippen molar-refractivity contribution in [1.29, 1.82) is 0 Å². The summed E-state index contributed by atoms with van der Waals surface area (Å²) in [6, 6.07) is 0. The maximum atomic E-state index is 7.26. The summed E-state index contributed by atoms with van der Waals surface area (Å²) in [5.74, 6) is 0. The molecule has 5 heteroatoms. The predicted molar refractivity (Wildman–Crippen MR) is 27.3 cm³/mol. The molecule has 0 aromatic carbocycles. The second kappa shape index (κ2) is 15.7. The van der Waals surface area contributed by atoms with Crippen LogP contribution < -0.4 is 0 Å². The Balaban J connectivity index is -0.0000000200. The molecule has 0 bridgehead atoms. The first-order valence-electron chi connectivity index (χ1n) is 0.632. The van der Waals surface area contributed by atoms with Crippen molar-refractivity contribution in [3.63, 3.8) is 0 Å². The van der Waals surface area contributed by atoms with E-state index in [1.165, 1.54) is 0 Å². The van der Waals surface area contributed by atoms with Gasteiger partial charge >= 0.3 is 103 Å². The average molecular weight is 144 g/mol. The zero-order valence-corrected chi connectivity index (χ0v) is 3.02. The first-order chi connectivity index (χ1) is 1.41. The zero-order chi connectivity index (χ0) is 2.71. The van der Waals surface area contributed by atoms with E-state index in [9.17, 15) is 0 Å². The number of hydrogen-bond donors (Lipinski definition) is 2. The molecule has 0 aromatic heterocycles. The van der Waals surface area contributed by atoms with Crippen LogP contribution in [0, 0.1) is 0 Å². The van der Waals surface area contributed by atoms with Crippen molar-refractivity contribution in [2.75, 3.05) is 0 Å². The molecule has 0 aliphatic heterocycles. The van der Waals surface area contributed by atoms with Crippen molar-refractivity contribution in [3.8, 4) is 0 Å². The van der Waals surface area contributed by atoms with E-state index in [0.717, 1.165) is 0 Å². The molecule has 24 valence electrons. The molecular weight excluding hydrogens is 138 g/mol. The standard InChI is InChI=1S/2K.H4O2Si.2H/c;;1-3-2;;/h;;1-2H,3H2;;. The number of hydrogen-bond acceptors (Lipinski definition) is 2. The van der Waals surface area contributed by atoms with Gasteiger partial charge in [-0.15, -0.1) is 0 Å². The van der Waals surface area contributed by atoms with Gasteiger partial charge in [-0.1, -0.05) is 0 Å². The van der Waals surface area contributed by atoms with Crippen LogP contribution in [-0.4, -0.2) is 122 Å². The van der Waals surface area contributed by atoms with Crippen LogP contribution in [0.4, 0.5) is 0 Å². The first kappa shape index (κ1) is 15.8. The van der Waals surface area contributed by atoms with Crippen LogP contribution >= 0.6 is 0 Å². The maximum absolute atomic E-state index is 7.26. The van der Waals surface area contributed by atoms with Crippen LogP contribution in [0.5, 0.6) is 0 Å². The van der Waals surface area contributed by atoms with Gasteiger partial charge in [0.15, 0.2) is 0 Å². The van der Waals surface area contributed by atoms with E-state index in [0.29, 0.717) is 0 Å². The quantitative estimate of drug-likeness (QED) is 0.349. The fourth-order valence-electron chi connectivity index (χ4n) is 0. The van der Waals surface area contributed by atoms with E-state index in [-0.39, 0.29) is 103 Å². The summed E-state index contributed by atoms with van der Waals surface area (Å²) >= 11 is 0. The predicted octanol–water partition coefficient (Wildman–Crippen LogP) is -3.33. The SMILES string of the molecule is O[SiH2]O.[KH].[KH]. The van der Waals surface area contributed by atoms with Gasteiger partial charge in [-0.05, 0) is 0 Å². The van der Waals surface area contributed by atoms with Crippen molar-refractivity contribution >= 4 is 113 Å². The Kier molecular flexibility index (Phi) is 49.4. The Hall–Kier alpha value is 3.41. The topological polar surface area (TPSA) is 40.5 Å². The Morgan fingerprint density at radius 1 is 1.00 bits per heavy atom. The van der Waals surface area contributed by atoms with Crippen LogP contribution in [0.2, 0.25) is 0 Å². The Labute approximate surface area is 119 Å². The fourth-order valence-corrected chi connectivity index (χ4v) is 0. The number of rotatable bonds is 0. The molecule has 2 nitrogen and oxygen atoms in total. The molecule has 5 heavy (non-hydrogen) atoms. The van der Waals surface area contributed by atoms with Crippen LogP contribution in [0.3, 0.4) is 0 Å². The molecular formula is H6K2O2Si. The van der Waals surface area contributed by atoms with E-state index in [2.05, 4.69) is 0 Å². The Morgan fingerprint density at radius 3 is 1.00 bits per heavy atom. The summed E-state index contributed by atoms with van der Waals surface area (Å²) in [5, 5.41) is 0. The summed E-state index contributed by atoms with van der Waals surface area (Å²) in [4.78, 5) is 14.5. The van der Waals surface area contributed by atoms with Crippen LogP contribution in [0.25, 0.3) is 0 Å². The summed E-state index contributed by atoms with van der Waals surface area (Å²) in [6.07, 6.45) is 0. The van der Waals surface area contributed by atoms with Gasteiger partial charge in [0, 0.05) is 0 Å². The minimum absolute atomic E-state index is 0. The van der Waals surface area contributed by atoms with E-state index >= 15 is 0 Å². The van der Waals surface area contributed by atoms with Crippen molar-refractivity contribution < 1.29 is 9.59 Å². The van der Waals surface area contributed by atoms with E-state index in [1.54, 1.807) is 0 Å². The molecule has 0 aliphatic carbocycles. The molecule has 0 aliphatic rings. The first-order valence-corrected chi connectivity index (χ1v) is 1.90. The second-order valence-electron chi connectivity index (χ2n) is 0.141.